The Morgan fingerprint density at radius 2 is 1.71 bits per heavy atom. The lowest BCUT2D eigenvalue weighted by atomic mass is 9.85. The molecule has 1 unspecified atom stereocenters. The smallest absolute Gasteiger partial charge is 0.316 e. The van der Waals surface area contributed by atoms with Crippen LogP contribution in [0.3, 0.4) is 0 Å². The maximum Gasteiger partial charge on any atom is 0.316 e. The summed E-state index contributed by atoms with van der Waals surface area (Å²) in [6, 6.07) is 0. The normalized spacial score (nSPS) is 27.1. The van der Waals surface area contributed by atoms with Crippen molar-refractivity contribution in [1.82, 2.24) is 14.7 Å². The van der Waals surface area contributed by atoms with Crippen LogP contribution < -0.4 is 0 Å². The van der Waals surface area contributed by atoms with Gasteiger partial charge in [0.1, 0.15) is 0 Å². The van der Waals surface area contributed by atoms with Crippen LogP contribution >= 0.6 is 0 Å². The fraction of sp³-hybridized carbons (Fsp3) is 0.750. The third-order valence-corrected chi connectivity index (χ3v) is 4.99. The molecule has 2 aliphatic heterocycles. The number of carbonyl (C=O) groups is 2. The molecule has 0 bridgehead atoms. The molecule has 3 aliphatic rings. The van der Waals surface area contributed by atoms with Gasteiger partial charge in [0.25, 0.3) is 0 Å². The minimum absolute atomic E-state index is 0.308. The number of hydrogen-bond acceptors (Lipinski definition) is 3. The van der Waals surface area contributed by atoms with Crippen LogP contribution in [-0.2, 0) is 9.59 Å². The van der Waals surface area contributed by atoms with Gasteiger partial charge in [0, 0.05) is 38.4 Å². The first kappa shape index (κ1) is 14.6. The van der Waals surface area contributed by atoms with Crippen LogP contribution in [0.2, 0.25) is 0 Å². The number of carbonyl (C=O) groups excluding carboxylic acids is 2. The quantitative estimate of drug-likeness (QED) is 0.627. The zero-order valence-electron chi connectivity index (χ0n) is 12.9. The molecule has 2 saturated heterocycles. The largest absolute Gasteiger partial charge is 0.332 e. The first-order valence-corrected chi connectivity index (χ1v) is 8.16. The fourth-order valence-corrected chi connectivity index (χ4v) is 3.66. The minimum atomic E-state index is -0.310. The van der Waals surface area contributed by atoms with Gasteiger partial charge in [-0.1, -0.05) is 6.08 Å². The number of allylic oxidation sites excluding steroid dienone is 2. The maximum absolute atomic E-state index is 12.6. The average Bonchev–Trinajstić information content (AvgIpc) is 2.53. The average molecular weight is 291 g/mol. The molecule has 2 heterocycles. The molecule has 3 rings (SSSR count). The van der Waals surface area contributed by atoms with E-state index in [1.807, 2.05) is 7.05 Å². The van der Waals surface area contributed by atoms with Crippen molar-refractivity contribution in [3.05, 3.63) is 11.8 Å². The fourth-order valence-electron chi connectivity index (χ4n) is 3.66. The highest BCUT2D eigenvalue weighted by Crippen LogP contribution is 2.35. The van der Waals surface area contributed by atoms with Gasteiger partial charge in [-0.3, -0.25) is 9.59 Å². The minimum Gasteiger partial charge on any atom is -0.332 e. The molecule has 116 valence electrons. The molecular formula is C16H25N3O2. The van der Waals surface area contributed by atoms with Crippen molar-refractivity contribution in [3.8, 4) is 0 Å². The molecule has 5 heteroatoms. The lowest BCUT2D eigenvalue weighted by Gasteiger charge is -2.39. The molecule has 0 radical (unpaired) electrons. The second-order valence-corrected chi connectivity index (χ2v) is 6.45. The number of piperidine rings is 1. The molecule has 21 heavy (non-hydrogen) atoms. The lowest BCUT2D eigenvalue weighted by molar-refractivity contribution is -0.152. The Morgan fingerprint density at radius 3 is 2.48 bits per heavy atom. The topological polar surface area (TPSA) is 43.9 Å². The van der Waals surface area contributed by atoms with Crippen molar-refractivity contribution < 1.29 is 9.59 Å². The first-order chi connectivity index (χ1) is 10.2. The Hall–Kier alpha value is -1.36. The number of hydrogen-bond donors (Lipinski definition) is 0. The molecule has 0 aromatic carbocycles. The Bertz CT molecular complexity index is 452. The van der Waals surface area contributed by atoms with Gasteiger partial charge in [0.15, 0.2) is 0 Å². The van der Waals surface area contributed by atoms with Crippen molar-refractivity contribution in [2.45, 2.75) is 32.1 Å². The molecule has 0 aromatic heterocycles. The van der Waals surface area contributed by atoms with Gasteiger partial charge < -0.3 is 14.7 Å². The molecule has 0 saturated carbocycles. The van der Waals surface area contributed by atoms with Gasteiger partial charge in [0.05, 0.1) is 0 Å². The van der Waals surface area contributed by atoms with E-state index in [0.29, 0.717) is 25.6 Å². The predicted octanol–water partition coefficient (Wildman–Crippen LogP) is 1.07. The Labute approximate surface area is 126 Å². The highest BCUT2D eigenvalue weighted by atomic mass is 16.2. The van der Waals surface area contributed by atoms with Crippen molar-refractivity contribution in [2.75, 3.05) is 39.8 Å². The van der Waals surface area contributed by atoms with Crippen LogP contribution in [-0.4, -0.2) is 66.3 Å². The van der Waals surface area contributed by atoms with Crippen LogP contribution in [0.15, 0.2) is 11.8 Å². The third-order valence-electron chi connectivity index (χ3n) is 4.99. The molecule has 1 aliphatic carbocycles. The van der Waals surface area contributed by atoms with E-state index in [2.05, 4.69) is 11.0 Å². The SMILES string of the molecule is CN1CCN(C(=O)C(=O)N2CCCC3CCCC=C32)CC1. The van der Waals surface area contributed by atoms with Crippen LogP contribution in [0.4, 0.5) is 0 Å². The Morgan fingerprint density at radius 1 is 1.00 bits per heavy atom. The van der Waals surface area contributed by atoms with Crippen LogP contribution in [0.5, 0.6) is 0 Å². The summed E-state index contributed by atoms with van der Waals surface area (Å²) in [6.07, 6.45) is 7.78. The zero-order valence-corrected chi connectivity index (χ0v) is 12.9. The number of rotatable bonds is 0. The number of likely N-dealkylation sites (N-methyl/N-ethyl adjacent to an activating group) is 1. The van der Waals surface area contributed by atoms with Crippen LogP contribution in [0.1, 0.15) is 32.1 Å². The Kier molecular flexibility index (Phi) is 4.29. The third kappa shape index (κ3) is 2.98. The number of nitrogens with zero attached hydrogens (tertiary/aromatic N) is 3. The summed E-state index contributed by atoms with van der Waals surface area (Å²) in [6.45, 7) is 3.74. The van der Waals surface area contributed by atoms with Gasteiger partial charge in [-0.15, -0.1) is 0 Å². The summed E-state index contributed by atoms with van der Waals surface area (Å²) >= 11 is 0. The molecule has 1 atom stereocenters. The summed E-state index contributed by atoms with van der Waals surface area (Å²) in [4.78, 5) is 30.8. The number of fused-ring (bicyclic) bond motifs is 1. The summed E-state index contributed by atoms with van der Waals surface area (Å²) < 4.78 is 0. The molecule has 0 spiro atoms. The highest BCUT2D eigenvalue weighted by molar-refractivity contribution is 6.35. The van der Waals surface area contributed by atoms with Gasteiger partial charge in [0.2, 0.25) is 0 Å². The standard InChI is InChI=1S/C16H25N3O2/c1-17-9-11-18(12-10-17)15(20)16(21)19-8-4-6-13-5-2-3-7-14(13)19/h7,13H,2-6,8-12H2,1H3. The number of amides is 2. The van der Waals surface area contributed by atoms with E-state index in [-0.39, 0.29) is 11.8 Å². The van der Waals surface area contributed by atoms with Gasteiger partial charge in [-0.2, -0.15) is 0 Å². The summed E-state index contributed by atoms with van der Waals surface area (Å²) in [5, 5.41) is 0. The number of piperazine rings is 1. The molecule has 2 amide bonds. The molecule has 5 nitrogen and oxygen atoms in total. The predicted molar refractivity (Wildman–Crippen MR) is 80.4 cm³/mol. The maximum atomic E-state index is 12.6. The monoisotopic (exact) mass is 291 g/mol. The molecule has 2 fully saturated rings. The van der Waals surface area contributed by atoms with Gasteiger partial charge in [-0.25, -0.2) is 0 Å². The highest BCUT2D eigenvalue weighted by Gasteiger charge is 2.35. The van der Waals surface area contributed by atoms with E-state index in [1.165, 1.54) is 6.42 Å². The van der Waals surface area contributed by atoms with Crippen molar-refractivity contribution in [2.24, 2.45) is 5.92 Å². The number of likely N-dealkylation sites (tertiary alicyclic amines) is 1. The summed E-state index contributed by atoms with van der Waals surface area (Å²) in [5.41, 5.74) is 1.12. The van der Waals surface area contributed by atoms with E-state index in [0.717, 1.165) is 44.5 Å². The van der Waals surface area contributed by atoms with Crippen LogP contribution in [0, 0.1) is 5.92 Å². The van der Waals surface area contributed by atoms with Gasteiger partial charge >= 0.3 is 11.8 Å². The second kappa shape index (κ2) is 6.18. The van der Waals surface area contributed by atoms with Crippen molar-refractivity contribution in [3.63, 3.8) is 0 Å². The van der Waals surface area contributed by atoms with E-state index in [9.17, 15) is 9.59 Å². The summed E-state index contributed by atoms with van der Waals surface area (Å²) in [7, 11) is 2.05. The van der Waals surface area contributed by atoms with Crippen LogP contribution in [0.25, 0.3) is 0 Å². The lowest BCUT2D eigenvalue weighted by Crippen LogP contribution is -2.53. The van der Waals surface area contributed by atoms with E-state index >= 15 is 0 Å². The molecular weight excluding hydrogens is 266 g/mol. The molecule has 0 N–H and O–H groups in total. The second-order valence-electron chi connectivity index (χ2n) is 6.45. The summed E-state index contributed by atoms with van der Waals surface area (Å²) in [5.74, 6) is -0.121. The van der Waals surface area contributed by atoms with E-state index in [4.69, 9.17) is 0 Å². The molecule has 0 aromatic rings. The van der Waals surface area contributed by atoms with E-state index in [1.54, 1.807) is 9.80 Å². The van der Waals surface area contributed by atoms with Crippen molar-refractivity contribution >= 4 is 11.8 Å². The van der Waals surface area contributed by atoms with E-state index < -0.39 is 0 Å². The van der Waals surface area contributed by atoms with Gasteiger partial charge in [-0.05, 0) is 45.1 Å². The first-order valence-electron chi connectivity index (χ1n) is 8.16. The van der Waals surface area contributed by atoms with Crippen molar-refractivity contribution in [1.29, 1.82) is 0 Å². The Balaban J connectivity index is 1.69. The zero-order chi connectivity index (χ0) is 14.8.